The zero-order valence-electron chi connectivity index (χ0n) is 42.5. The predicted octanol–water partition coefficient (Wildman–Crippen LogP) is 19.0. The Balaban J connectivity index is 1.60. The zero-order chi connectivity index (χ0) is 45.5. The second kappa shape index (κ2) is 18.4. The van der Waals surface area contributed by atoms with Crippen LogP contribution in [0.2, 0.25) is 21.4 Å². The molecule has 2 atom stereocenters. The topological polar surface area (TPSA) is 0 Å². The van der Waals surface area contributed by atoms with Gasteiger partial charge >= 0.3 is 385 Å². The minimum absolute atomic E-state index is 0.0750. The van der Waals surface area contributed by atoms with Gasteiger partial charge in [-0.2, -0.15) is 0 Å². The van der Waals surface area contributed by atoms with Crippen molar-refractivity contribution in [2.45, 2.75) is 199 Å². The van der Waals surface area contributed by atoms with Gasteiger partial charge in [-0.3, -0.25) is 0 Å². The van der Waals surface area contributed by atoms with Crippen LogP contribution in [0.1, 0.15) is 200 Å². The Morgan fingerprint density at radius 1 is 0.452 bits per heavy atom. The number of fused-ring (bicyclic) bond motifs is 2. The summed E-state index contributed by atoms with van der Waals surface area (Å²) in [6.07, 6.45) is 21.7. The van der Waals surface area contributed by atoms with E-state index in [9.17, 15) is 0 Å². The molecule has 0 fully saturated rings. The van der Waals surface area contributed by atoms with E-state index < -0.39 is 22.6 Å². The van der Waals surface area contributed by atoms with Gasteiger partial charge in [0, 0.05) is 0 Å². The van der Waals surface area contributed by atoms with Gasteiger partial charge in [0.25, 0.3) is 0 Å². The van der Waals surface area contributed by atoms with Gasteiger partial charge in [0.1, 0.15) is 0 Å². The Morgan fingerprint density at radius 2 is 0.790 bits per heavy atom. The van der Waals surface area contributed by atoms with Crippen LogP contribution in [0.15, 0.2) is 84.9 Å². The first kappa shape index (κ1) is 48.9. The van der Waals surface area contributed by atoms with Gasteiger partial charge in [-0.05, 0) is 0 Å². The van der Waals surface area contributed by atoms with Crippen molar-refractivity contribution in [3.8, 4) is 22.3 Å². The first-order valence-corrected chi connectivity index (χ1v) is 43.5. The van der Waals surface area contributed by atoms with Gasteiger partial charge in [0.05, 0.1) is 0 Å². The molecule has 0 aliphatic heterocycles. The van der Waals surface area contributed by atoms with Gasteiger partial charge in [0.15, 0.2) is 0 Å². The first-order valence-electron chi connectivity index (χ1n) is 24.9. The number of rotatable bonds is 14. The van der Waals surface area contributed by atoms with Gasteiger partial charge in [-0.15, -0.1) is 0 Å². The fourth-order valence-corrected chi connectivity index (χ4v) is 64.6. The van der Waals surface area contributed by atoms with Crippen LogP contribution in [0.25, 0.3) is 34.4 Å². The van der Waals surface area contributed by atoms with Crippen molar-refractivity contribution < 1.29 is 17.1 Å². The third-order valence-electron chi connectivity index (χ3n) is 15.5. The molecule has 0 nitrogen and oxygen atoms in total. The van der Waals surface area contributed by atoms with Crippen LogP contribution in [0.4, 0.5) is 0 Å². The van der Waals surface area contributed by atoms with E-state index in [0.29, 0.717) is 7.35 Å². The summed E-state index contributed by atoms with van der Waals surface area (Å²) >= 11 is -4.16. The van der Waals surface area contributed by atoms with Crippen LogP contribution >= 0.6 is 0 Å². The molecule has 334 valence electrons. The summed E-state index contributed by atoms with van der Waals surface area (Å²) in [7, 11) is 0. The average Bonchev–Trinajstić information content (AvgIpc) is 3.85. The molecule has 0 N–H and O–H groups in total. The molecule has 0 saturated carbocycles. The Labute approximate surface area is 382 Å². The van der Waals surface area contributed by atoms with Crippen molar-refractivity contribution in [3.05, 3.63) is 129 Å². The van der Waals surface area contributed by atoms with Crippen LogP contribution in [0.3, 0.4) is 0 Å². The number of unbranched alkanes of at least 4 members (excludes halogenated alkanes) is 6. The fourth-order valence-electron chi connectivity index (χ4n) is 11.1. The molecule has 2 aliphatic rings. The van der Waals surface area contributed by atoms with Crippen molar-refractivity contribution in [1.82, 2.24) is 0 Å². The molecule has 0 saturated heterocycles. The van der Waals surface area contributed by atoms with Gasteiger partial charge < -0.3 is 0 Å². The Kier molecular flexibility index (Phi) is 14.5. The second-order valence-corrected chi connectivity index (χ2v) is 70.7. The van der Waals surface area contributed by atoms with Crippen molar-refractivity contribution in [2.24, 2.45) is 0 Å². The average molecular weight is 1010 g/mol. The van der Waals surface area contributed by atoms with Crippen molar-refractivity contribution >= 4 is 17.6 Å². The molecule has 4 aromatic carbocycles. The van der Waals surface area contributed by atoms with Gasteiger partial charge in [0.2, 0.25) is 0 Å². The maximum absolute atomic E-state index is 4.16. The molecule has 0 heterocycles. The summed E-state index contributed by atoms with van der Waals surface area (Å²) in [4.78, 5) is 0. The van der Waals surface area contributed by atoms with Crippen molar-refractivity contribution in [3.63, 3.8) is 0 Å². The molecule has 2 unspecified atom stereocenters. The van der Waals surface area contributed by atoms with Gasteiger partial charge in [-0.25, -0.2) is 0 Å². The molecule has 2 aliphatic carbocycles. The monoisotopic (exact) mass is 1010 g/mol. The number of benzene rings is 4. The van der Waals surface area contributed by atoms with Crippen LogP contribution in [0, 0.1) is 0 Å². The van der Waals surface area contributed by atoms with E-state index in [0.717, 1.165) is 0 Å². The molecule has 4 aromatic rings. The summed E-state index contributed by atoms with van der Waals surface area (Å²) in [6.45, 7) is 33.2. The molecule has 0 aromatic heterocycles. The standard InChI is InChI=1S/2C23H27.C12H26Si.2CH3.Hf/c2*1-22(2,3)18-13-17(14-19(15-18)23(4,5)6)21-12-8-10-16-9-7-11-20(16)21;1-3-5-7-9-11-13-12-10-8-6-4-2;;;/h2*7-15H,1-6H3;3-12H2,1-2H3;2*1H3;. The predicted molar refractivity (Wildman–Crippen MR) is 277 cm³/mol. The van der Waals surface area contributed by atoms with E-state index >= 15 is 0 Å². The fraction of sp³-hybridized carbons (Fsp3) is 0.533. The third-order valence-corrected chi connectivity index (χ3v) is 71.5. The van der Waals surface area contributed by atoms with Crippen LogP contribution < -0.4 is 0 Å². The van der Waals surface area contributed by atoms with E-state index in [1.165, 1.54) is 119 Å². The summed E-state index contributed by atoms with van der Waals surface area (Å²) in [6, 6.07) is 32.8. The maximum atomic E-state index is 3.01. The molecule has 62 heavy (non-hydrogen) atoms. The third kappa shape index (κ3) is 9.98. The van der Waals surface area contributed by atoms with E-state index in [4.69, 9.17) is 0 Å². The van der Waals surface area contributed by atoms with Crippen LogP contribution in [-0.4, -0.2) is 5.49 Å². The number of hydrogen-bond acceptors (Lipinski definition) is 0. The van der Waals surface area contributed by atoms with E-state index in [1.54, 1.807) is 11.1 Å². The second-order valence-electron chi connectivity index (χ2n) is 24.7. The van der Waals surface area contributed by atoms with Crippen molar-refractivity contribution in [2.75, 3.05) is 0 Å². The molecule has 2 heteroatoms. The summed E-state index contributed by atoms with van der Waals surface area (Å²) in [5.74, 6) is 0. The Bertz CT molecular complexity index is 2150. The van der Waals surface area contributed by atoms with Crippen LogP contribution in [-0.2, 0) is 38.8 Å². The molecule has 0 bridgehead atoms. The van der Waals surface area contributed by atoms with Crippen molar-refractivity contribution in [1.29, 1.82) is 0 Å². The molecular weight excluding hydrogens is 927 g/mol. The normalized spacial score (nSPS) is 16.9. The summed E-state index contributed by atoms with van der Waals surface area (Å²) < 4.78 is 7.08. The van der Waals surface area contributed by atoms with Gasteiger partial charge in [-0.1, -0.05) is 0 Å². The van der Waals surface area contributed by atoms with E-state index in [1.807, 2.05) is 0 Å². The molecule has 0 radical (unpaired) electrons. The Hall–Kier alpha value is -2.55. The number of allylic oxidation sites excluding steroid dienone is 2. The molecule has 0 spiro atoms. The number of hydrogen-bond donors (Lipinski definition) is 0. The summed E-state index contributed by atoms with van der Waals surface area (Å²) in [5.41, 5.74) is 17.2. The van der Waals surface area contributed by atoms with E-state index in [2.05, 4.69) is 203 Å². The SMILES string of the molecule is CCCCCC[Si](CCCCCC)=[Hf]([CH3])([CH3])([CH]1C=Cc2c(-c3cc(C(C)(C)C)cc(C(C)(C)C)c3)cccc21)[CH]1C=Cc2c(-c3cc(C(C)(C)C)cc(C(C)(C)C)c3)cccc21. The minimum atomic E-state index is -4.16. The van der Waals surface area contributed by atoms with Crippen LogP contribution in [0.5, 0.6) is 0 Å². The molecule has 0 amide bonds. The quantitative estimate of drug-likeness (QED) is 0.0872. The molecular formula is C60H86HfSi. The molecule has 6 rings (SSSR count). The Morgan fingerprint density at radius 3 is 1.10 bits per heavy atom. The van der Waals surface area contributed by atoms with E-state index in [-0.39, 0.29) is 21.7 Å². The first-order chi connectivity index (χ1) is 28.9. The zero-order valence-corrected chi connectivity index (χ0v) is 47.1. The summed E-state index contributed by atoms with van der Waals surface area (Å²) in [5, 5.41) is 0.